The summed E-state index contributed by atoms with van der Waals surface area (Å²) < 4.78 is 2.84. The van der Waals surface area contributed by atoms with Crippen molar-refractivity contribution in [2.75, 3.05) is 0 Å². The number of nitrogens with zero attached hydrogens (tertiary/aromatic N) is 2. The van der Waals surface area contributed by atoms with Gasteiger partial charge in [-0.1, -0.05) is 17.7 Å². The van der Waals surface area contributed by atoms with E-state index in [1.54, 1.807) is 10.8 Å². The minimum absolute atomic E-state index is 0.251. The molecule has 4 nitrogen and oxygen atoms in total. The van der Waals surface area contributed by atoms with Crippen LogP contribution in [0.15, 0.2) is 34.0 Å². The molecule has 0 saturated heterocycles. The molecule has 0 N–H and O–H groups in total. The van der Waals surface area contributed by atoms with Crippen LogP contribution in [0.3, 0.4) is 0 Å². The van der Waals surface area contributed by atoms with Crippen LogP contribution < -0.4 is 11.2 Å². The maximum absolute atomic E-state index is 12.2. The monoisotopic (exact) mass is 272 g/mol. The Morgan fingerprint density at radius 1 is 1.05 bits per heavy atom. The van der Waals surface area contributed by atoms with Crippen molar-refractivity contribution in [2.45, 2.75) is 40.8 Å². The van der Waals surface area contributed by atoms with Gasteiger partial charge >= 0.3 is 5.69 Å². The van der Waals surface area contributed by atoms with E-state index in [9.17, 15) is 9.59 Å². The highest BCUT2D eigenvalue weighted by Crippen LogP contribution is 2.16. The molecule has 0 aliphatic carbocycles. The summed E-state index contributed by atoms with van der Waals surface area (Å²) in [5.41, 5.74) is 3.96. The fourth-order valence-electron chi connectivity index (χ4n) is 2.56. The first-order valence-electron chi connectivity index (χ1n) is 6.81. The van der Waals surface area contributed by atoms with Gasteiger partial charge in [0.2, 0.25) is 0 Å². The lowest BCUT2D eigenvalue weighted by molar-refractivity contribution is 0.598. The van der Waals surface area contributed by atoms with Crippen molar-refractivity contribution in [2.24, 2.45) is 0 Å². The van der Waals surface area contributed by atoms with Gasteiger partial charge in [0.15, 0.2) is 0 Å². The topological polar surface area (TPSA) is 44.0 Å². The summed E-state index contributed by atoms with van der Waals surface area (Å²) in [5, 5.41) is 0. The molecule has 2 rings (SSSR count). The van der Waals surface area contributed by atoms with E-state index in [0.717, 1.165) is 16.7 Å². The zero-order valence-electron chi connectivity index (χ0n) is 12.4. The van der Waals surface area contributed by atoms with Crippen molar-refractivity contribution < 1.29 is 0 Å². The Morgan fingerprint density at radius 3 is 2.20 bits per heavy atom. The molecule has 1 heterocycles. The summed E-state index contributed by atoms with van der Waals surface area (Å²) in [6.45, 7) is 8.85. The number of aromatic nitrogens is 2. The zero-order chi connectivity index (χ0) is 14.9. The van der Waals surface area contributed by atoms with Gasteiger partial charge in [0.1, 0.15) is 0 Å². The van der Waals surface area contributed by atoms with Crippen molar-refractivity contribution in [3.05, 3.63) is 67.5 Å². The van der Waals surface area contributed by atoms with Gasteiger partial charge in [-0.2, -0.15) is 0 Å². The van der Waals surface area contributed by atoms with Gasteiger partial charge in [0.05, 0.1) is 6.54 Å². The van der Waals surface area contributed by atoms with Gasteiger partial charge in [-0.15, -0.1) is 0 Å². The van der Waals surface area contributed by atoms with Gasteiger partial charge < -0.3 is 4.57 Å². The molecule has 20 heavy (non-hydrogen) atoms. The van der Waals surface area contributed by atoms with Crippen molar-refractivity contribution in [1.29, 1.82) is 0 Å². The number of aryl methyl sites for hydroxylation is 4. The van der Waals surface area contributed by atoms with Gasteiger partial charge in [-0.25, -0.2) is 4.79 Å². The van der Waals surface area contributed by atoms with Gasteiger partial charge in [0, 0.05) is 18.8 Å². The SMILES string of the molecule is CCn1ccc(=O)n(Cc2c(C)cc(C)cc2C)c1=O. The molecule has 1 aromatic heterocycles. The smallest absolute Gasteiger partial charge is 0.301 e. The van der Waals surface area contributed by atoms with Crippen LogP contribution in [0.25, 0.3) is 0 Å². The Kier molecular flexibility index (Phi) is 3.93. The van der Waals surface area contributed by atoms with E-state index >= 15 is 0 Å². The average molecular weight is 272 g/mol. The van der Waals surface area contributed by atoms with Crippen LogP contribution in [0, 0.1) is 20.8 Å². The van der Waals surface area contributed by atoms with E-state index in [0.29, 0.717) is 13.1 Å². The Morgan fingerprint density at radius 2 is 1.65 bits per heavy atom. The van der Waals surface area contributed by atoms with Crippen LogP contribution in [0.4, 0.5) is 0 Å². The van der Waals surface area contributed by atoms with Gasteiger partial charge in [0.25, 0.3) is 5.56 Å². The summed E-state index contributed by atoms with van der Waals surface area (Å²) >= 11 is 0. The molecule has 106 valence electrons. The molecule has 1 aromatic carbocycles. The molecule has 0 aliphatic heterocycles. The second-order valence-corrected chi connectivity index (χ2v) is 5.19. The van der Waals surface area contributed by atoms with E-state index < -0.39 is 0 Å². The number of benzene rings is 1. The normalized spacial score (nSPS) is 10.8. The van der Waals surface area contributed by atoms with E-state index in [-0.39, 0.29) is 11.2 Å². The van der Waals surface area contributed by atoms with Crippen LogP contribution in [-0.2, 0) is 13.1 Å². The molecule has 0 unspecified atom stereocenters. The van der Waals surface area contributed by atoms with Crippen LogP contribution in [0.2, 0.25) is 0 Å². The van der Waals surface area contributed by atoms with Crippen LogP contribution >= 0.6 is 0 Å². The minimum atomic E-state index is -0.251. The van der Waals surface area contributed by atoms with E-state index in [1.165, 1.54) is 16.2 Å². The molecule has 0 fully saturated rings. The first-order valence-corrected chi connectivity index (χ1v) is 6.81. The molecule has 0 spiro atoms. The first kappa shape index (κ1) is 14.3. The quantitative estimate of drug-likeness (QED) is 0.858. The molecule has 0 saturated carbocycles. The molecule has 0 bridgehead atoms. The van der Waals surface area contributed by atoms with Crippen molar-refractivity contribution in [3.63, 3.8) is 0 Å². The second-order valence-electron chi connectivity index (χ2n) is 5.19. The van der Waals surface area contributed by atoms with Crippen molar-refractivity contribution >= 4 is 0 Å². The fourth-order valence-corrected chi connectivity index (χ4v) is 2.56. The molecule has 4 heteroatoms. The third kappa shape index (κ3) is 2.59. The van der Waals surface area contributed by atoms with Gasteiger partial charge in [-0.3, -0.25) is 9.36 Å². The maximum Gasteiger partial charge on any atom is 0.331 e. The summed E-state index contributed by atoms with van der Waals surface area (Å²) in [7, 11) is 0. The standard InChI is InChI=1S/C16H20N2O2/c1-5-17-7-6-15(19)18(16(17)20)10-14-12(3)8-11(2)9-13(14)4/h6-9H,5,10H2,1-4H3. The lowest BCUT2D eigenvalue weighted by atomic mass is 10.00. The third-order valence-electron chi connectivity index (χ3n) is 3.64. The van der Waals surface area contributed by atoms with Crippen LogP contribution in [0.5, 0.6) is 0 Å². The maximum atomic E-state index is 12.2. The fraction of sp³-hybridized carbons (Fsp3) is 0.375. The molecule has 0 radical (unpaired) electrons. The highest BCUT2D eigenvalue weighted by molar-refractivity contribution is 5.37. The molecule has 0 aliphatic rings. The van der Waals surface area contributed by atoms with Crippen LogP contribution in [-0.4, -0.2) is 9.13 Å². The first-order chi connectivity index (χ1) is 9.43. The zero-order valence-corrected chi connectivity index (χ0v) is 12.4. The lowest BCUT2D eigenvalue weighted by Gasteiger charge is -2.13. The lowest BCUT2D eigenvalue weighted by Crippen LogP contribution is -2.39. The van der Waals surface area contributed by atoms with E-state index in [4.69, 9.17) is 0 Å². The summed E-state index contributed by atoms with van der Waals surface area (Å²) in [4.78, 5) is 24.2. The summed E-state index contributed by atoms with van der Waals surface area (Å²) in [5.74, 6) is 0. The minimum Gasteiger partial charge on any atom is -0.301 e. The molecular formula is C16H20N2O2. The average Bonchev–Trinajstić information content (AvgIpc) is 2.37. The highest BCUT2D eigenvalue weighted by Gasteiger charge is 2.09. The molecular weight excluding hydrogens is 252 g/mol. The molecule has 2 aromatic rings. The Bertz CT molecular complexity index is 731. The van der Waals surface area contributed by atoms with Crippen molar-refractivity contribution in [3.8, 4) is 0 Å². The predicted octanol–water partition coefficient (Wildman–Crippen LogP) is 2.00. The number of hydrogen-bond acceptors (Lipinski definition) is 2. The van der Waals surface area contributed by atoms with Gasteiger partial charge in [-0.05, 0) is 44.4 Å². The molecule has 0 atom stereocenters. The second kappa shape index (κ2) is 5.49. The Hall–Kier alpha value is -2.10. The number of rotatable bonds is 3. The summed E-state index contributed by atoms with van der Waals surface area (Å²) in [6.07, 6.45) is 1.55. The largest absolute Gasteiger partial charge is 0.331 e. The van der Waals surface area contributed by atoms with E-state index in [1.807, 2.05) is 27.7 Å². The number of hydrogen-bond donors (Lipinski definition) is 0. The Balaban J connectivity index is 2.56. The molecule has 0 amide bonds. The third-order valence-corrected chi connectivity index (χ3v) is 3.64. The van der Waals surface area contributed by atoms with Crippen molar-refractivity contribution in [1.82, 2.24) is 9.13 Å². The predicted molar refractivity (Wildman–Crippen MR) is 80.4 cm³/mol. The van der Waals surface area contributed by atoms with Crippen LogP contribution in [0.1, 0.15) is 29.2 Å². The summed E-state index contributed by atoms with van der Waals surface area (Å²) in [6, 6.07) is 5.60. The highest BCUT2D eigenvalue weighted by atomic mass is 16.2. The Labute approximate surface area is 118 Å². The van der Waals surface area contributed by atoms with E-state index in [2.05, 4.69) is 12.1 Å².